The summed E-state index contributed by atoms with van der Waals surface area (Å²) in [5, 5.41) is 3.16. The van der Waals surface area contributed by atoms with Crippen molar-refractivity contribution in [1.29, 1.82) is 0 Å². The highest BCUT2D eigenvalue weighted by Gasteiger charge is 2.03. The van der Waals surface area contributed by atoms with E-state index in [0.717, 1.165) is 0 Å². The summed E-state index contributed by atoms with van der Waals surface area (Å²) in [6.07, 6.45) is 4.77. The molecule has 0 aromatic rings. The minimum atomic E-state index is 0.530. The second-order valence-corrected chi connectivity index (χ2v) is 2.94. The Balaban J connectivity index is 3.59. The molecule has 0 aliphatic carbocycles. The maximum absolute atomic E-state index is 5.45. The number of hydrogen-bond donors (Lipinski definition) is 1. The molecule has 0 atom stereocenters. The highest BCUT2D eigenvalue weighted by molar-refractivity contribution is 6.20. The largest absolute Gasteiger partial charge is 0.395 e. The van der Waals surface area contributed by atoms with E-state index in [0.29, 0.717) is 11.6 Å². The summed E-state index contributed by atoms with van der Waals surface area (Å²) in [6.45, 7) is 7.99. The van der Waals surface area contributed by atoms with Crippen molar-refractivity contribution in [3.8, 4) is 0 Å². The van der Waals surface area contributed by atoms with Gasteiger partial charge in [-0.3, -0.25) is 0 Å². The summed E-state index contributed by atoms with van der Waals surface area (Å²) >= 11 is 0. The van der Waals surface area contributed by atoms with Gasteiger partial charge in [0.25, 0.3) is 0 Å². The molecule has 2 heteroatoms. The van der Waals surface area contributed by atoms with Gasteiger partial charge in [-0.1, -0.05) is 33.3 Å². The predicted octanol–water partition coefficient (Wildman–Crippen LogP) is 2.18. The molecule has 0 saturated carbocycles. The molecule has 0 aromatic heterocycles. The van der Waals surface area contributed by atoms with Crippen LogP contribution in [0.25, 0.3) is 0 Å². The molecule has 0 aromatic carbocycles. The highest BCUT2D eigenvalue weighted by atomic mass is 14.9. The predicted molar refractivity (Wildman–Crippen MR) is 51.6 cm³/mol. The summed E-state index contributed by atoms with van der Waals surface area (Å²) in [7, 11) is 5.45. The van der Waals surface area contributed by atoms with Gasteiger partial charge in [-0.25, -0.2) is 0 Å². The third-order valence-electron chi connectivity index (χ3n) is 1.66. The van der Waals surface area contributed by atoms with Gasteiger partial charge in [0, 0.05) is 6.04 Å². The molecule has 0 amide bonds. The van der Waals surface area contributed by atoms with Crippen LogP contribution in [0.2, 0.25) is 0 Å². The first-order chi connectivity index (χ1) is 5.20. The van der Waals surface area contributed by atoms with E-state index < -0.39 is 0 Å². The van der Waals surface area contributed by atoms with E-state index in [2.05, 4.69) is 25.7 Å². The van der Waals surface area contributed by atoms with Crippen molar-refractivity contribution in [2.45, 2.75) is 45.6 Å². The fourth-order valence-electron chi connectivity index (χ4n) is 1.25. The molecule has 0 unspecified atom stereocenters. The summed E-state index contributed by atoms with van der Waals surface area (Å²) in [5.41, 5.74) is 0.594. The zero-order valence-corrected chi connectivity index (χ0v) is 7.69. The number of rotatable bonds is 6. The van der Waals surface area contributed by atoms with Gasteiger partial charge in [-0.2, -0.15) is 0 Å². The van der Waals surface area contributed by atoms with Gasteiger partial charge in [-0.05, 0) is 18.4 Å². The van der Waals surface area contributed by atoms with Crippen LogP contribution in [0.15, 0.2) is 12.2 Å². The van der Waals surface area contributed by atoms with Crippen molar-refractivity contribution in [2.24, 2.45) is 0 Å². The van der Waals surface area contributed by atoms with Crippen molar-refractivity contribution in [2.75, 3.05) is 0 Å². The second-order valence-electron chi connectivity index (χ2n) is 2.94. The summed E-state index contributed by atoms with van der Waals surface area (Å²) in [5.74, 6) is 0. The maximum Gasteiger partial charge on any atom is 0.137 e. The second kappa shape index (κ2) is 6.32. The molecule has 0 bridgehead atoms. The molecule has 62 valence electrons. The van der Waals surface area contributed by atoms with Crippen molar-refractivity contribution >= 4 is 7.85 Å². The first-order valence-corrected chi connectivity index (χ1v) is 4.41. The molecule has 2 radical (unpaired) electrons. The van der Waals surface area contributed by atoms with E-state index in [1.807, 2.05) is 0 Å². The normalized spacial score (nSPS) is 10.1. The molecule has 0 aliphatic rings. The van der Waals surface area contributed by atoms with Gasteiger partial charge >= 0.3 is 0 Å². The Hall–Kier alpha value is -0.395. The van der Waals surface area contributed by atoms with Crippen LogP contribution < -0.4 is 5.32 Å². The van der Waals surface area contributed by atoms with Gasteiger partial charge in [0.1, 0.15) is 7.85 Å². The van der Waals surface area contributed by atoms with Crippen LogP contribution >= 0.6 is 0 Å². The van der Waals surface area contributed by atoms with E-state index in [9.17, 15) is 0 Å². The zero-order valence-electron chi connectivity index (χ0n) is 7.69. The van der Waals surface area contributed by atoms with Crippen LogP contribution in [-0.4, -0.2) is 13.9 Å². The monoisotopic (exact) mass is 151 g/mol. The third-order valence-corrected chi connectivity index (χ3v) is 1.66. The van der Waals surface area contributed by atoms with Gasteiger partial charge in [0.15, 0.2) is 0 Å². The minimum absolute atomic E-state index is 0.530. The van der Waals surface area contributed by atoms with Crippen molar-refractivity contribution in [3.05, 3.63) is 12.2 Å². The van der Waals surface area contributed by atoms with E-state index in [4.69, 9.17) is 7.85 Å². The van der Waals surface area contributed by atoms with Crippen LogP contribution in [0.4, 0.5) is 0 Å². The zero-order chi connectivity index (χ0) is 8.69. The van der Waals surface area contributed by atoms with Crippen LogP contribution in [0.3, 0.4) is 0 Å². The molecular weight excluding hydrogens is 133 g/mol. The van der Waals surface area contributed by atoms with E-state index in [1.54, 1.807) is 0 Å². The summed E-state index contributed by atoms with van der Waals surface area (Å²) < 4.78 is 0. The molecule has 0 aliphatic heterocycles. The number of hydrogen-bond acceptors (Lipinski definition) is 1. The minimum Gasteiger partial charge on any atom is -0.395 e. The first-order valence-electron chi connectivity index (χ1n) is 4.41. The van der Waals surface area contributed by atoms with E-state index in [1.165, 1.54) is 25.7 Å². The molecule has 0 heterocycles. The van der Waals surface area contributed by atoms with Gasteiger partial charge < -0.3 is 5.32 Å². The third kappa shape index (κ3) is 6.02. The van der Waals surface area contributed by atoms with Crippen molar-refractivity contribution in [3.63, 3.8) is 0 Å². The Morgan fingerprint density at radius 3 is 2.09 bits per heavy atom. The van der Waals surface area contributed by atoms with Crippen LogP contribution in [0, 0.1) is 0 Å². The van der Waals surface area contributed by atoms with Crippen molar-refractivity contribution < 1.29 is 0 Å². The maximum atomic E-state index is 5.45. The fraction of sp³-hybridized carbons (Fsp3) is 0.778. The van der Waals surface area contributed by atoms with E-state index >= 15 is 0 Å². The average molecular weight is 151 g/mol. The Bertz CT molecular complexity index is 106. The first kappa shape index (κ1) is 10.6. The average Bonchev–Trinajstić information content (AvgIpc) is 1.87. The molecule has 0 rings (SSSR count). The standard InChI is InChI=1S/C9H18BN/c1-4-6-9(7-5-2)11-8(3)10/h9,11H,3-7H2,1-2H3. The van der Waals surface area contributed by atoms with E-state index in [-0.39, 0.29) is 0 Å². The lowest BCUT2D eigenvalue weighted by Gasteiger charge is -2.18. The van der Waals surface area contributed by atoms with Crippen molar-refractivity contribution in [1.82, 2.24) is 5.32 Å². The Kier molecular flexibility index (Phi) is 6.10. The quantitative estimate of drug-likeness (QED) is 0.573. The SMILES string of the molecule is [B]C(=C)NC(CCC)CCC. The molecular formula is C9H18BN. The lowest BCUT2D eigenvalue weighted by atomic mass is 10.0. The smallest absolute Gasteiger partial charge is 0.137 e. The Morgan fingerprint density at radius 1 is 1.36 bits per heavy atom. The number of nitrogens with one attached hydrogen (secondary N) is 1. The summed E-state index contributed by atoms with van der Waals surface area (Å²) in [4.78, 5) is 0. The lowest BCUT2D eigenvalue weighted by Crippen LogP contribution is -2.27. The molecule has 1 nitrogen and oxygen atoms in total. The molecule has 11 heavy (non-hydrogen) atoms. The highest BCUT2D eigenvalue weighted by Crippen LogP contribution is 2.04. The van der Waals surface area contributed by atoms with Crippen LogP contribution in [0.5, 0.6) is 0 Å². The van der Waals surface area contributed by atoms with Crippen LogP contribution in [-0.2, 0) is 0 Å². The summed E-state index contributed by atoms with van der Waals surface area (Å²) in [6, 6.07) is 0.530. The topological polar surface area (TPSA) is 12.0 Å². The molecule has 0 saturated heterocycles. The Labute approximate surface area is 71.7 Å². The molecule has 0 fully saturated rings. The Morgan fingerprint density at radius 2 is 1.82 bits per heavy atom. The molecule has 1 N–H and O–H groups in total. The van der Waals surface area contributed by atoms with Gasteiger partial charge in [0.05, 0.1) is 0 Å². The van der Waals surface area contributed by atoms with Gasteiger partial charge in [0.2, 0.25) is 0 Å². The lowest BCUT2D eigenvalue weighted by molar-refractivity contribution is 0.491. The van der Waals surface area contributed by atoms with Crippen LogP contribution in [0.1, 0.15) is 39.5 Å². The van der Waals surface area contributed by atoms with Gasteiger partial charge in [-0.15, -0.1) is 0 Å². The fourth-order valence-corrected chi connectivity index (χ4v) is 1.25. The molecule has 0 spiro atoms.